The summed E-state index contributed by atoms with van der Waals surface area (Å²) in [5, 5.41) is 0. The maximum atomic E-state index is 13.5. The van der Waals surface area contributed by atoms with E-state index in [4.69, 9.17) is 5.73 Å². The van der Waals surface area contributed by atoms with Crippen molar-refractivity contribution in [2.75, 3.05) is 5.73 Å². The van der Waals surface area contributed by atoms with Gasteiger partial charge in [-0.1, -0.05) is 12.1 Å². The molecule has 0 bridgehead atoms. The predicted molar refractivity (Wildman–Crippen MR) is 67.3 cm³/mol. The number of nitrogens with two attached hydrogens (primary N) is 1. The minimum Gasteiger partial charge on any atom is -0.399 e. The molecule has 1 unspecified atom stereocenters. The van der Waals surface area contributed by atoms with Crippen LogP contribution in [0.15, 0.2) is 47.4 Å². The zero-order valence-electron chi connectivity index (χ0n) is 9.40. The van der Waals surface area contributed by atoms with Gasteiger partial charge >= 0.3 is 0 Å². The average Bonchev–Trinajstić information content (AvgIpc) is 2.32. The molecule has 0 fully saturated rings. The number of hydrogen-bond acceptors (Lipinski definition) is 2. The minimum absolute atomic E-state index is 0.00440. The Bertz CT molecular complexity index is 601. The maximum absolute atomic E-state index is 13.5. The van der Waals surface area contributed by atoms with Gasteiger partial charge in [-0.15, -0.1) is 0 Å². The second-order valence-corrected chi connectivity index (χ2v) is 5.25. The van der Waals surface area contributed by atoms with Crippen LogP contribution in [0.1, 0.15) is 5.56 Å². The van der Waals surface area contributed by atoms with Crippen LogP contribution in [0.3, 0.4) is 0 Å². The molecule has 0 aromatic heterocycles. The van der Waals surface area contributed by atoms with Crippen molar-refractivity contribution in [3.8, 4) is 0 Å². The van der Waals surface area contributed by atoms with Crippen molar-refractivity contribution in [3.63, 3.8) is 0 Å². The first kappa shape index (κ1) is 12.7. The van der Waals surface area contributed by atoms with E-state index in [1.807, 2.05) is 0 Å². The van der Waals surface area contributed by atoms with E-state index in [0.717, 1.165) is 0 Å². The molecule has 0 spiro atoms. The van der Waals surface area contributed by atoms with Crippen molar-refractivity contribution in [2.45, 2.75) is 10.6 Å². The number of anilines is 1. The quantitative estimate of drug-likeness (QED) is 0.869. The lowest BCUT2D eigenvalue weighted by molar-refractivity contribution is 0.615. The third-order valence-corrected chi connectivity index (χ3v) is 3.78. The molecule has 2 N–H and O–H groups in total. The van der Waals surface area contributed by atoms with Crippen molar-refractivity contribution in [3.05, 3.63) is 59.7 Å². The van der Waals surface area contributed by atoms with Crippen LogP contribution in [-0.4, -0.2) is 4.21 Å². The van der Waals surface area contributed by atoms with Crippen LogP contribution in [0.5, 0.6) is 0 Å². The summed E-state index contributed by atoms with van der Waals surface area (Å²) < 4.78 is 38.4. The van der Waals surface area contributed by atoms with Crippen molar-refractivity contribution in [1.82, 2.24) is 0 Å². The van der Waals surface area contributed by atoms with Gasteiger partial charge in [0.1, 0.15) is 11.6 Å². The van der Waals surface area contributed by atoms with Gasteiger partial charge in [0.25, 0.3) is 0 Å². The van der Waals surface area contributed by atoms with E-state index in [9.17, 15) is 13.0 Å². The van der Waals surface area contributed by atoms with Crippen LogP contribution >= 0.6 is 0 Å². The zero-order valence-corrected chi connectivity index (χ0v) is 10.2. The predicted octanol–water partition coefficient (Wildman–Crippen LogP) is 2.85. The number of benzene rings is 2. The summed E-state index contributed by atoms with van der Waals surface area (Å²) in [4.78, 5) is 0.339. The molecule has 1 atom stereocenters. The highest BCUT2D eigenvalue weighted by Crippen LogP contribution is 2.17. The van der Waals surface area contributed by atoms with Gasteiger partial charge in [-0.2, -0.15) is 0 Å². The smallest absolute Gasteiger partial charge is 0.129 e. The monoisotopic (exact) mass is 267 g/mol. The fourth-order valence-electron chi connectivity index (χ4n) is 1.51. The summed E-state index contributed by atoms with van der Waals surface area (Å²) >= 11 is 0. The molecule has 2 rings (SSSR count). The van der Waals surface area contributed by atoms with E-state index >= 15 is 0 Å². The van der Waals surface area contributed by atoms with E-state index in [1.165, 1.54) is 30.3 Å². The van der Waals surface area contributed by atoms with Gasteiger partial charge in [0.2, 0.25) is 0 Å². The average molecular weight is 267 g/mol. The summed E-state index contributed by atoms with van der Waals surface area (Å²) in [5.41, 5.74) is 6.03. The molecule has 2 aromatic rings. The van der Waals surface area contributed by atoms with Gasteiger partial charge in [-0.3, -0.25) is 4.21 Å². The topological polar surface area (TPSA) is 43.1 Å². The Morgan fingerprint density at radius 2 is 1.89 bits per heavy atom. The first-order valence-corrected chi connectivity index (χ1v) is 6.56. The first-order valence-electron chi connectivity index (χ1n) is 5.24. The molecule has 94 valence electrons. The third kappa shape index (κ3) is 2.92. The SMILES string of the molecule is Nc1ccc(CS(=O)c2cccc(F)c2)c(F)c1. The molecule has 0 aliphatic rings. The fraction of sp³-hybridized carbons (Fsp3) is 0.0769. The summed E-state index contributed by atoms with van der Waals surface area (Å²) in [6.07, 6.45) is 0. The van der Waals surface area contributed by atoms with Crippen LogP contribution in [0.25, 0.3) is 0 Å². The fourth-order valence-corrected chi connectivity index (χ4v) is 2.67. The summed E-state index contributed by atoms with van der Waals surface area (Å²) in [5.74, 6) is -0.964. The highest BCUT2D eigenvalue weighted by Gasteiger charge is 2.10. The molecule has 0 aliphatic carbocycles. The number of halogens is 2. The van der Waals surface area contributed by atoms with E-state index < -0.39 is 22.4 Å². The molecule has 2 nitrogen and oxygen atoms in total. The minimum atomic E-state index is -1.48. The van der Waals surface area contributed by atoms with Gasteiger partial charge in [-0.25, -0.2) is 8.78 Å². The first-order chi connectivity index (χ1) is 8.56. The molecule has 0 radical (unpaired) electrons. The van der Waals surface area contributed by atoms with Gasteiger partial charge in [0.05, 0.1) is 16.6 Å². The molecular formula is C13H11F2NOS. The van der Waals surface area contributed by atoms with Crippen LogP contribution in [-0.2, 0) is 16.6 Å². The highest BCUT2D eigenvalue weighted by molar-refractivity contribution is 7.84. The van der Waals surface area contributed by atoms with Gasteiger partial charge < -0.3 is 5.73 Å². The van der Waals surface area contributed by atoms with Gasteiger partial charge in [0.15, 0.2) is 0 Å². The van der Waals surface area contributed by atoms with Crippen LogP contribution in [0.4, 0.5) is 14.5 Å². The van der Waals surface area contributed by atoms with Crippen LogP contribution in [0, 0.1) is 11.6 Å². The Kier molecular flexibility index (Phi) is 3.72. The number of hydrogen-bond donors (Lipinski definition) is 1. The number of rotatable bonds is 3. The van der Waals surface area contributed by atoms with Crippen molar-refractivity contribution < 1.29 is 13.0 Å². The number of nitrogen functional groups attached to an aromatic ring is 1. The Labute approximate surface area is 106 Å². The molecule has 0 amide bonds. The molecular weight excluding hydrogens is 256 g/mol. The van der Waals surface area contributed by atoms with Crippen molar-refractivity contribution in [1.29, 1.82) is 0 Å². The molecule has 18 heavy (non-hydrogen) atoms. The Morgan fingerprint density at radius 3 is 2.56 bits per heavy atom. The Morgan fingerprint density at radius 1 is 1.11 bits per heavy atom. The second kappa shape index (κ2) is 5.27. The highest BCUT2D eigenvalue weighted by atomic mass is 32.2. The molecule has 0 aliphatic heterocycles. The summed E-state index contributed by atoms with van der Waals surface area (Å²) in [6.45, 7) is 0. The van der Waals surface area contributed by atoms with E-state index in [1.54, 1.807) is 12.1 Å². The molecule has 0 saturated carbocycles. The lowest BCUT2D eigenvalue weighted by atomic mass is 10.2. The van der Waals surface area contributed by atoms with Gasteiger partial charge in [-0.05, 0) is 30.3 Å². The van der Waals surface area contributed by atoms with Crippen molar-refractivity contribution >= 4 is 16.5 Å². The van der Waals surface area contributed by atoms with E-state index in [2.05, 4.69) is 0 Å². The zero-order chi connectivity index (χ0) is 13.1. The third-order valence-electron chi connectivity index (χ3n) is 2.42. The molecule has 5 heteroatoms. The standard InChI is InChI=1S/C13H11F2NOS/c14-10-2-1-3-12(6-10)18(17)8-9-4-5-11(16)7-13(9)15/h1-7H,8,16H2. The summed E-state index contributed by atoms with van der Waals surface area (Å²) in [6, 6.07) is 9.69. The molecule has 0 saturated heterocycles. The largest absolute Gasteiger partial charge is 0.399 e. The second-order valence-electron chi connectivity index (χ2n) is 3.80. The lowest BCUT2D eigenvalue weighted by Gasteiger charge is -2.05. The Hall–Kier alpha value is -1.75. The van der Waals surface area contributed by atoms with Gasteiger partial charge in [0, 0.05) is 16.1 Å². The van der Waals surface area contributed by atoms with Crippen LogP contribution < -0.4 is 5.73 Å². The Balaban J connectivity index is 2.21. The molecule has 2 aromatic carbocycles. The summed E-state index contributed by atoms with van der Waals surface area (Å²) in [7, 11) is -1.48. The maximum Gasteiger partial charge on any atom is 0.129 e. The normalized spacial score (nSPS) is 12.3. The van der Waals surface area contributed by atoms with Crippen LogP contribution in [0.2, 0.25) is 0 Å². The van der Waals surface area contributed by atoms with Crippen molar-refractivity contribution in [2.24, 2.45) is 0 Å². The van der Waals surface area contributed by atoms with E-state index in [-0.39, 0.29) is 5.75 Å². The van der Waals surface area contributed by atoms with E-state index in [0.29, 0.717) is 16.1 Å². The lowest BCUT2D eigenvalue weighted by Crippen LogP contribution is -2.00. The molecule has 0 heterocycles.